The third kappa shape index (κ3) is 2.30. The van der Waals surface area contributed by atoms with Crippen LogP contribution in [0.1, 0.15) is 30.1 Å². The molecule has 0 bridgehead atoms. The molecule has 2 aromatic heterocycles. The van der Waals surface area contributed by atoms with Gasteiger partial charge in [-0.2, -0.15) is 5.26 Å². The van der Waals surface area contributed by atoms with Crippen molar-refractivity contribution in [2.45, 2.75) is 18.9 Å². The summed E-state index contributed by atoms with van der Waals surface area (Å²) in [6.07, 6.45) is 3.49. The average molecular weight is 307 g/mol. The maximum Gasteiger partial charge on any atom is 0.162 e. The van der Waals surface area contributed by atoms with Gasteiger partial charge in [0.2, 0.25) is 0 Å². The first-order valence-electron chi connectivity index (χ1n) is 7.53. The fraction of sp³-hybridized carbons (Fsp3) is 0.235. The zero-order valence-electron chi connectivity index (χ0n) is 12.4. The lowest BCUT2D eigenvalue weighted by atomic mass is 10.0. The van der Waals surface area contributed by atoms with Crippen molar-refractivity contribution in [2.24, 2.45) is 0 Å². The summed E-state index contributed by atoms with van der Waals surface area (Å²) < 4.78 is 15.1. The number of hydrogen-bond acceptors (Lipinski definition) is 4. The third-order valence-electron chi connectivity index (χ3n) is 4.24. The minimum absolute atomic E-state index is 0.102. The molecule has 5 nitrogen and oxygen atoms in total. The van der Waals surface area contributed by atoms with Gasteiger partial charge in [0.05, 0.1) is 12.2 Å². The minimum atomic E-state index is -0.223. The van der Waals surface area contributed by atoms with Gasteiger partial charge in [-0.1, -0.05) is 12.1 Å². The lowest BCUT2D eigenvalue weighted by Crippen LogP contribution is -2.24. The van der Waals surface area contributed by atoms with Crippen LogP contribution >= 0.6 is 0 Å². The predicted molar refractivity (Wildman–Crippen MR) is 83.4 cm³/mol. The van der Waals surface area contributed by atoms with Gasteiger partial charge in [0.25, 0.3) is 0 Å². The van der Waals surface area contributed by atoms with E-state index in [0.29, 0.717) is 11.3 Å². The summed E-state index contributed by atoms with van der Waals surface area (Å²) in [5, 5.41) is 13.7. The molecular weight excluding hydrogens is 293 g/mol. The van der Waals surface area contributed by atoms with E-state index in [9.17, 15) is 4.39 Å². The van der Waals surface area contributed by atoms with Gasteiger partial charge >= 0.3 is 0 Å². The van der Waals surface area contributed by atoms with Gasteiger partial charge in [-0.3, -0.25) is 0 Å². The van der Waals surface area contributed by atoms with E-state index in [1.165, 1.54) is 12.3 Å². The Labute approximate surface area is 132 Å². The highest BCUT2D eigenvalue weighted by Crippen LogP contribution is 2.35. The molecule has 0 N–H and O–H groups in total. The topological polar surface area (TPSA) is 57.2 Å². The highest BCUT2D eigenvalue weighted by Gasteiger charge is 2.27. The monoisotopic (exact) mass is 307 g/mol. The first-order valence-corrected chi connectivity index (χ1v) is 7.53. The van der Waals surface area contributed by atoms with E-state index in [4.69, 9.17) is 5.26 Å². The van der Waals surface area contributed by atoms with Crippen LogP contribution in [0.25, 0.3) is 5.65 Å². The fourth-order valence-corrected chi connectivity index (χ4v) is 3.19. The fourth-order valence-electron chi connectivity index (χ4n) is 3.19. The highest BCUT2D eigenvalue weighted by molar-refractivity contribution is 5.50. The molecule has 1 aromatic carbocycles. The lowest BCUT2D eigenvalue weighted by molar-refractivity contribution is 0.617. The summed E-state index contributed by atoms with van der Waals surface area (Å²) in [7, 11) is 0. The van der Waals surface area contributed by atoms with Crippen molar-refractivity contribution in [3.05, 3.63) is 59.7 Å². The molecule has 0 unspecified atom stereocenters. The van der Waals surface area contributed by atoms with Crippen LogP contribution in [-0.2, 0) is 0 Å². The van der Waals surface area contributed by atoms with Gasteiger partial charge in [-0.25, -0.2) is 13.9 Å². The number of anilines is 1. The number of halogens is 1. The molecule has 0 spiro atoms. The summed E-state index contributed by atoms with van der Waals surface area (Å²) in [6, 6.07) is 12.7. The normalized spacial score (nSPS) is 17.6. The van der Waals surface area contributed by atoms with E-state index < -0.39 is 0 Å². The van der Waals surface area contributed by atoms with Crippen LogP contribution in [0.3, 0.4) is 0 Å². The molecule has 1 aliphatic rings. The SMILES string of the molecule is N#Cc1cnc2ccc(N3CCC[C@@H]3c3cccc(F)c3)nn12. The standard InChI is InChI=1S/C17H14FN5/c18-13-4-1-3-12(9-13)15-5-2-8-22(15)17-7-6-16-20-11-14(10-19)23(16)21-17/h1,3-4,6-7,9,11,15H,2,5,8H2/t15-/m1/s1. The number of rotatable bonds is 2. The second-order valence-corrected chi connectivity index (χ2v) is 5.62. The lowest BCUT2D eigenvalue weighted by Gasteiger charge is -2.26. The van der Waals surface area contributed by atoms with Gasteiger partial charge in [0.1, 0.15) is 17.7 Å². The number of fused-ring (bicyclic) bond motifs is 1. The summed E-state index contributed by atoms with van der Waals surface area (Å²) in [4.78, 5) is 6.32. The zero-order chi connectivity index (χ0) is 15.8. The van der Waals surface area contributed by atoms with Crippen molar-refractivity contribution in [3.8, 4) is 6.07 Å². The Bertz CT molecular complexity index is 911. The molecule has 0 radical (unpaired) electrons. The molecule has 1 aliphatic heterocycles. The van der Waals surface area contributed by atoms with E-state index >= 15 is 0 Å². The smallest absolute Gasteiger partial charge is 0.162 e. The maximum atomic E-state index is 13.5. The zero-order valence-corrected chi connectivity index (χ0v) is 12.4. The number of nitrogens with zero attached hydrogens (tertiary/aromatic N) is 5. The second-order valence-electron chi connectivity index (χ2n) is 5.62. The Hall–Kier alpha value is -2.94. The quantitative estimate of drug-likeness (QED) is 0.730. The summed E-state index contributed by atoms with van der Waals surface area (Å²) in [5.41, 5.74) is 2.01. The Kier molecular flexibility index (Phi) is 3.19. The van der Waals surface area contributed by atoms with E-state index in [1.54, 1.807) is 16.6 Å². The van der Waals surface area contributed by atoms with Crippen molar-refractivity contribution in [1.29, 1.82) is 5.26 Å². The summed E-state index contributed by atoms with van der Waals surface area (Å²) >= 11 is 0. The predicted octanol–water partition coefficient (Wildman–Crippen LogP) is 3.08. The van der Waals surface area contributed by atoms with Gasteiger partial charge in [0, 0.05) is 6.54 Å². The van der Waals surface area contributed by atoms with Crippen molar-refractivity contribution in [3.63, 3.8) is 0 Å². The van der Waals surface area contributed by atoms with Gasteiger partial charge in [-0.15, -0.1) is 5.10 Å². The molecular formula is C17H14FN5. The van der Waals surface area contributed by atoms with Gasteiger partial charge < -0.3 is 4.90 Å². The minimum Gasteiger partial charge on any atom is -0.348 e. The molecule has 1 saturated heterocycles. The van der Waals surface area contributed by atoms with E-state index in [0.717, 1.165) is 30.8 Å². The Morgan fingerprint density at radius 1 is 1.26 bits per heavy atom. The van der Waals surface area contributed by atoms with Gasteiger partial charge in [-0.05, 0) is 42.7 Å². The van der Waals surface area contributed by atoms with Crippen molar-refractivity contribution in [2.75, 3.05) is 11.4 Å². The van der Waals surface area contributed by atoms with Crippen LogP contribution in [0.4, 0.5) is 10.2 Å². The number of imidazole rings is 1. The number of hydrogen-bond donors (Lipinski definition) is 0. The van der Waals surface area contributed by atoms with Crippen LogP contribution < -0.4 is 4.90 Å². The Morgan fingerprint density at radius 3 is 3.00 bits per heavy atom. The molecule has 1 atom stereocenters. The first kappa shape index (κ1) is 13.7. The molecule has 114 valence electrons. The van der Waals surface area contributed by atoms with Crippen LogP contribution in [-0.4, -0.2) is 21.1 Å². The number of aromatic nitrogens is 3. The molecule has 4 rings (SSSR count). The van der Waals surface area contributed by atoms with E-state index in [1.807, 2.05) is 18.2 Å². The molecule has 0 aliphatic carbocycles. The molecule has 0 saturated carbocycles. The van der Waals surface area contributed by atoms with Crippen molar-refractivity contribution >= 4 is 11.5 Å². The second kappa shape index (κ2) is 5.36. The summed E-state index contributed by atoms with van der Waals surface area (Å²) in [5.74, 6) is 0.554. The van der Waals surface area contributed by atoms with Crippen LogP contribution in [0.15, 0.2) is 42.6 Å². The van der Waals surface area contributed by atoms with Crippen LogP contribution in [0.5, 0.6) is 0 Å². The molecule has 6 heteroatoms. The highest BCUT2D eigenvalue weighted by atomic mass is 19.1. The largest absolute Gasteiger partial charge is 0.348 e. The molecule has 23 heavy (non-hydrogen) atoms. The Balaban J connectivity index is 1.75. The summed E-state index contributed by atoms with van der Waals surface area (Å²) in [6.45, 7) is 0.857. The van der Waals surface area contributed by atoms with Crippen LogP contribution in [0.2, 0.25) is 0 Å². The molecule has 3 heterocycles. The first-order chi connectivity index (χ1) is 11.3. The van der Waals surface area contributed by atoms with Crippen molar-refractivity contribution < 1.29 is 4.39 Å². The Morgan fingerprint density at radius 2 is 2.17 bits per heavy atom. The average Bonchev–Trinajstić information content (AvgIpc) is 3.21. The van der Waals surface area contributed by atoms with E-state index in [-0.39, 0.29) is 11.9 Å². The number of benzene rings is 1. The maximum absolute atomic E-state index is 13.5. The van der Waals surface area contributed by atoms with E-state index in [2.05, 4.69) is 21.1 Å². The molecule has 0 amide bonds. The van der Waals surface area contributed by atoms with Crippen molar-refractivity contribution in [1.82, 2.24) is 14.6 Å². The molecule has 1 fully saturated rings. The molecule has 3 aromatic rings. The third-order valence-corrected chi connectivity index (χ3v) is 4.24. The van der Waals surface area contributed by atoms with Crippen LogP contribution in [0, 0.1) is 17.1 Å². The van der Waals surface area contributed by atoms with Gasteiger partial charge in [0.15, 0.2) is 11.3 Å². The number of nitriles is 1.